The van der Waals surface area contributed by atoms with Crippen LogP contribution < -0.4 is 16.0 Å². The van der Waals surface area contributed by atoms with Crippen molar-refractivity contribution in [3.05, 3.63) is 36.9 Å². The third-order valence-electron chi connectivity index (χ3n) is 8.56. The summed E-state index contributed by atoms with van der Waals surface area (Å²) in [6, 6.07) is 10.1. The lowest BCUT2D eigenvalue weighted by Crippen LogP contribution is -2.47. The van der Waals surface area contributed by atoms with Crippen molar-refractivity contribution in [2.45, 2.75) is 71.6 Å². The predicted molar refractivity (Wildman–Crippen MR) is 140 cm³/mol. The van der Waals surface area contributed by atoms with E-state index in [9.17, 15) is 4.79 Å². The highest BCUT2D eigenvalue weighted by atomic mass is 16.1. The van der Waals surface area contributed by atoms with E-state index in [-0.39, 0.29) is 11.3 Å². The lowest BCUT2D eigenvalue weighted by molar-refractivity contribution is -0.124. The molecule has 0 aliphatic heterocycles. The fraction of sp³-hybridized carbons (Fsp3) is 0.621. The van der Waals surface area contributed by atoms with Crippen molar-refractivity contribution in [2.75, 3.05) is 23.7 Å². The molecule has 5 heteroatoms. The number of nitrogens with one attached hydrogen (secondary N) is 3. The maximum Gasteiger partial charge on any atom is 0.224 e. The van der Waals surface area contributed by atoms with Crippen LogP contribution in [0.4, 0.5) is 11.5 Å². The van der Waals surface area contributed by atoms with Crippen molar-refractivity contribution in [2.24, 2.45) is 29.1 Å². The number of hydrogen-bond acceptors (Lipinski definition) is 4. The summed E-state index contributed by atoms with van der Waals surface area (Å²) in [5.74, 6) is 4.30. The highest BCUT2D eigenvalue weighted by Gasteiger charge is 2.51. The number of hydrogen-bond donors (Lipinski definition) is 3. The third kappa shape index (κ3) is 5.40. The van der Waals surface area contributed by atoms with Crippen LogP contribution in [-0.2, 0) is 4.79 Å². The van der Waals surface area contributed by atoms with Crippen LogP contribution in [0, 0.1) is 35.6 Å². The summed E-state index contributed by atoms with van der Waals surface area (Å²) in [6.07, 6.45) is 10.9. The largest absolute Gasteiger partial charge is 0.370 e. The maximum absolute atomic E-state index is 13.1. The van der Waals surface area contributed by atoms with Gasteiger partial charge in [0.2, 0.25) is 5.91 Å². The standard InChI is InChI=1S/C29H41N4O/c1-3-20(2)19-30-10-5-11-31-27-9-8-24-25(32-27)6-4-7-26(24)33-28(34)18-29-15-21-12-22(16-29)14-23(13-21)17-29/h4,6-9,19-23,30H,3,5,10-18H2,1-2H3,(H,31,32)(H,33,34). The molecule has 1 atom stereocenters. The SMILES string of the molecule is CCC(C)[CH]NCCCNc1ccc2c(NC(=O)CC34CC5CC(CC(C5)C3)C4)cccc2n1. The second kappa shape index (κ2) is 10.2. The number of pyridine rings is 1. The molecule has 4 aliphatic carbocycles. The summed E-state index contributed by atoms with van der Waals surface area (Å²) in [7, 11) is 0. The average Bonchev–Trinajstić information content (AvgIpc) is 2.79. The van der Waals surface area contributed by atoms with Gasteiger partial charge in [-0.15, -0.1) is 0 Å². The van der Waals surface area contributed by atoms with E-state index in [4.69, 9.17) is 4.98 Å². The summed E-state index contributed by atoms with van der Waals surface area (Å²) in [5.41, 5.74) is 2.07. The fourth-order valence-corrected chi connectivity index (χ4v) is 7.21. The summed E-state index contributed by atoms with van der Waals surface area (Å²) in [4.78, 5) is 17.9. The van der Waals surface area contributed by atoms with Gasteiger partial charge in [-0.05, 0) is 105 Å². The number of carbonyl (C=O) groups excluding carboxylic acids is 1. The molecule has 1 aromatic heterocycles. The second-order valence-electron chi connectivity index (χ2n) is 11.5. The van der Waals surface area contributed by atoms with Crippen molar-refractivity contribution in [3.63, 3.8) is 0 Å². The van der Waals surface area contributed by atoms with Crippen molar-refractivity contribution < 1.29 is 4.79 Å². The molecule has 4 bridgehead atoms. The first-order valence-electron chi connectivity index (χ1n) is 13.5. The van der Waals surface area contributed by atoms with Crippen molar-refractivity contribution in [3.8, 4) is 0 Å². The van der Waals surface area contributed by atoms with Crippen LogP contribution in [0.15, 0.2) is 30.3 Å². The molecule has 1 heterocycles. The molecule has 1 aromatic carbocycles. The average molecular weight is 462 g/mol. The fourth-order valence-electron chi connectivity index (χ4n) is 7.21. The van der Waals surface area contributed by atoms with Crippen LogP contribution in [0.2, 0.25) is 0 Å². The maximum atomic E-state index is 13.1. The van der Waals surface area contributed by atoms with Crippen LogP contribution >= 0.6 is 0 Å². The molecule has 1 amide bonds. The topological polar surface area (TPSA) is 66.0 Å². The molecule has 3 N–H and O–H groups in total. The predicted octanol–water partition coefficient (Wildman–Crippen LogP) is 6.38. The molecular formula is C29H41N4O. The van der Waals surface area contributed by atoms with Crippen molar-refractivity contribution in [1.29, 1.82) is 0 Å². The van der Waals surface area contributed by atoms with Gasteiger partial charge in [0.25, 0.3) is 0 Å². The van der Waals surface area contributed by atoms with E-state index in [1.165, 1.54) is 38.5 Å². The molecule has 1 unspecified atom stereocenters. The first-order valence-corrected chi connectivity index (χ1v) is 13.5. The summed E-state index contributed by atoms with van der Waals surface area (Å²) in [5, 5.41) is 11.1. The van der Waals surface area contributed by atoms with E-state index in [1.54, 1.807) is 0 Å². The molecule has 183 valence electrons. The van der Waals surface area contributed by atoms with E-state index < -0.39 is 0 Å². The number of nitrogens with zero attached hydrogens (tertiary/aromatic N) is 1. The molecular weight excluding hydrogens is 420 g/mol. The molecule has 5 nitrogen and oxygen atoms in total. The van der Waals surface area contributed by atoms with Gasteiger partial charge in [0.1, 0.15) is 5.82 Å². The smallest absolute Gasteiger partial charge is 0.224 e. The first-order chi connectivity index (χ1) is 16.5. The van der Waals surface area contributed by atoms with Crippen LogP contribution in [0.1, 0.15) is 71.6 Å². The molecule has 4 aliphatic rings. The molecule has 0 spiro atoms. The molecule has 4 saturated carbocycles. The second-order valence-corrected chi connectivity index (χ2v) is 11.5. The zero-order chi connectivity index (χ0) is 23.5. The quantitative estimate of drug-likeness (QED) is 0.340. The molecule has 4 fully saturated rings. The molecule has 2 aromatic rings. The number of anilines is 2. The number of carbonyl (C=O) groups is 1. The third-order valence-corrected chi connectivity index (χ3v) is 8.56. The number of amides is 1. The normalized spacial score (nSPS) is 28.2. The minimum atomic E-state index is 0.179. The van der Waals surface area contributed by atoms with E-state index in [2.05, 4.69) is 42.4 Å². The lowest BCUT2D eigenvalue weighted by atomic mass is 9.49. The van der Waals surface area contributed by atoms with Gasteiger partial charge in [0, 0.05) is 24.9 Å². The minimum absolute atomic E-state index is 0.179. The number of aromatic nitrogens is 1. The monoisotopic (exact) mass is 461 g/mol. The van der Waals surface area contributed by atoms with Gasteiger partial charge in [0.15, 0.2) is 0 Å². The highest BCUT2D eigenvalue weighted by Crippen LogP contribution is 2.61. The summed E-state index contributed by atoms with van der Waals surface area (Å²) in [6.45, 7) is 8.46. The van der Waals surface area contributed by atoms with Crippen molar-refractivity contribution >= 4 is 28.3 Å². The Kier molecular flexibility index (Phi) is 7.10. The highest BCUT2D eigenvalue weighted by molar-refractivity contribution is 6.01. The number of rotatable bonds is 11. The Bertz CT molecular complexity index is 968. The van der Waals surface area contributed by atoms with Gasteiger partial charge >= 0.3 is 0 Å². The van der Waals surface area contributed by atoms with Gasteiger partial charge in [-0.25, -0.2) is 4.98 Å². The summed E-state index contributed by atoms with van der Waals surface area (Å²) < 4.78 is 0. The van der Waals surface area contributed by atoms with Gasteiger partial charge < -0.3 is 16.0 Å². The molecule has 6 rings (SSSR count). The van der Waals surface area contributed by atoms with Crippen LogP contribution in [0.5, 0.6) is 0 Å². The van der Waals surface area contributed by atoms with E-state index in [1.807, 2.05) is 24.3 Å². The van der Waals surface area contributed by atoms with Crippen LogP contribution in [-0.4, -0.2) is 24.0 Å². The lowest BCUT2D eigenvalue weighted by Gasteiger charge is -2.56. The Balaban J connectivity index is 1.16. The van der Waals surface area contributed by atoms with Crippen LogP contribution in [0.25, 0.3) is 10.9 Å². The Morgan fingerprint density at radius 1 is 1.09 bits per heavy atom. The first kappa shape index (κ1) is 23.6. The molecule has 0 saturated heterocycles. The van der Waals surface area contributed by atoms with Gasteiger partial charge in [-0.3, -0.25) is 4.79 Å². The van der Waals surface area contributed by atoms with E-state index in [0.717, 1.165) is 66.1 Å². The van der Waals surface area contributed by atoms with E-state index >= 15 is 0 Å². The van der Waals surface area contributed by atoms with Crippen LogP contribution in [0.3, 0.4) is 0 Å². The Labute approximate surface area is 204 Å². The van der Waals surface area contributed by atoms with Crippen molar-refractivity contribution in [1.82, 2.24) is 10.3 Å². The Morgan fingerprint density at radius 2 is 1.82 bits per heavy atom. The van der Waals surface area contributed by atoms with Gasteiger partial charge in [0.05, 0.1) is 11.2 Å². The molecule has 34 heavy (non-hydrogen) atoms. The molecule has 1 radical (unpaired) electrons. The van der Waals surface area contributed by atoms with E-state index in [0.29, 0.717) is 12.3 Å². The zero-order valence-corrected chi connectivity index (χ0v) is 20.9. The Morgan fingerprint density at radius 3 is 2.53 bits per heavy atom. The van der Waals surface area contributed by atoms with Gasteiger partial charge in [-0.2, -0.15) is 0 Å². The minimum Gasteiger partial charge on any atom is -0.370 e. The van der Waals surface area contributed by atoms with Gasteiger partial charge in [-0.1, -0.05) is 26.3 Å². The number of benzene rings is 1. The number of fused-ring (bicyclic) bond motifs is 1. The summed E-state index contributed by atoms with van der Waals surface area (Å²) >= 11 is 0. The Hall–Kier alpha value is -2.14. The zero-order valence-electron chi connectivity index (χ0n) is 20.9.